The van der Waals surface area contributed by atoms with Gasteiger partial charge in [-0.1, -0.05) is 38.8 Å². The number of hydrogen-bond donors (Lipinski definition) is 4. The molecule has 5 N–H and O–H groups in total. The first kappa shape index (κ1) is 16.0. The molecule has 110 valence electrons. The van der Waals surface area contributed by atoms with Gasteiger partial charge in [-0.05, 0) is 36.5 Å². The number of nitrogens with two attached hydrogens (primary N) is 1. The Morgan fingerprint density at radius 3 is 2.65 bits per heavy atom. The van der Waals surface area contributed by atoms with Crippen molar-refractivity contribution in [3.63, 3.8) is 0 Å². The van der Waals surface area contributed by atoms with Gasteiger partial charge in [0.1, 0.15) is 0 Å². The zero-order valence-corrected chi connectivity index (χ0v) is 12.3. The number of nitrogens with one attached hydrogen (secondary N) is 3. The van der Waals surface area contributed by atoms with Crippen LogP contribution in [0.2, 0.25) is 0 Å². The van der Waals surface area contributed by atoms with Gasteiger partial charge in [-0.25, -0.2) is 4.79 Å². The standard InChI is InChI=1S/C15H24N4O/c1-3-5-6-7-11-8-9-13(12(4-2)10-11)18-15(20)19-14(16)17/h8-10H,3-7H2,1-2H3,(H5,16,17,18,19,20). The maximum Gasteiger partial charge on any atom is 0.325 e. The lowest BCUT2D eigenvalue weighted by Crippen LogP contribution is -2.38. The minimum Gasteiger partial charge on any atom is -0.370 e. The number of hydrogen-bond acceptors (Lipinski definition) is 2. The number of guanidine groups is 1. The number of benzene rings is 1. The fourth-order valence-corrected chi connectivity index (χ4v) is 2.07. The van der Waals surface area contributed by atoms with Crippen LogP contribution in [0.3, 0.4) is 0 Å². The minimum atomic E-state index is -0.481. The van der Waals surface area contributed by atoms with Crippen molar-refractivity contribution in [2.45, 2.75) is 46.0 Å². The zero-order chi connectivity index (χ0) is 15.0. The fourth-order valence-electron chi connectivity index (χ4n) is 2.07. The number of urea groups is 1. The van der Waals surface area contributed by atoms with Gasteiger partial charge in [0.15, 0.2) is 5.96 Å². The quantitative estimate of drug-likeness (QED) is 0.365. The Morgan fingerprint density at radius 1 is 1.30 bits per heavy atom. The third-order valence-corrected chi connectivity index (χ3v) is 3.12. The fraction of sp³-hybridized carbons (Fsp3) is 0.467. The second-order valence-electron chi connectivity index (χ2n) is 4.79. The molecule has 5 heteroatoms. The first-order chi connectivity index (χ1) is 9.56. The number of unbranched alkanes of at least 4 members (excludes halogenated alkanes) is 2. The van der Waals surface area contributed by atoms with E-state index in [9.17, 15) is 4.79 Å². The Labute approximate surface area is 120 Å². The van der Waals surface area contributed by atoms with Gasteiger partial charge in [-0.2, -0.15) is 0 Å². The molecule has 5 nitrogen and oxygen atoms in total. The van der Waals surface area contributed by atoms with E-state index in [2.05, 4.69) is 30.5 Å². The monoisotopic (exact) mass is 276 g/mol. The summed E-state index contributed by atoms with van der Waals surface area (Å²) < 4.78 is 0. The van der Waals surface area contributed by atoms with Gasteiger partial charge in [0.25, 0.3) is 0 Å². The topological polar surface area (TPSA) is 91.0 Å². The Kier molecular flexibility index (Phi) is 6.56. The maximum atomic E-state index is 11.5. The van der Waals surface area contributed by atoms with Crippen LogP contribution in [0.5, 0.6) is 0 Å². The van der Waals surface area contributed by atoms with E-state index in [-0.39, 0.29) is 5.96 Å². The van der Waals surface area contributed by atoms with Crippen LogP contribution in [0, 0.1) is 5.41 Å². The lowest BCUT2D eigenvalue weighted by atomic mass is 10.0. The molecule has 0 aliphatic carbocycles. The van der Waals surface area contributed by atoms with E-state index in [1.54, 1.807) is 0 Å². The summed E-state index contributed by atoms with van der Waals surface area (Å²) in [5.41, 5.74) is 8.28. The van der Waals surface area contributed by atoms with Gasteiger partial charge in [0, 0.05) is 5.69 Å². The lowest BCUT2D eigenvalue weighted by Gasteiger charge is -2.12. The van der Waals surface area contributed by atoms with E-state index in [0.717, 1.165) is 24.1 Å². The normalized spacial score (nSPS) is 10.1. The molecule has 0 heterocycles. The van der Waals surface area contributed by atoms with Crippen LogP contribution in [0.1, 0.15) is 44.2 Å². The van der Waals surface area contributed by atoms with Crippen molar-refractivity contribution in [1.29, 1.82) is 5.41 Å². The summed E-state index contributed by atoms with van der Waals surface area (Å²) in [5.74, 6) is -0.364. The van der Waals surface area contributed by atoms with E-state index in [1.807, 2.05) is 12.1 Å². The molecular weight excluding hydrogens is 252 g/mol. The molecule has 0 bridgehead atoms. The van der Waals surface area contributed by atoms with Crippen molar-refractivity contribution in [2.75, 3.05) is 5.32 Å². The summed E-state index contributed by atoms with van der Waals surface area (Å²) in [5, 5.41) is 11.9. The van der Waals surface area contributed by atoms with Crippen molar-refractivity contribution in [3.8, 4) is 0 Å². The molecule has 2 amide bonds. The van der Waals surface area contributed by atoms with E-state index < -0.39 is 6.03 Å². The molecule has 0 atom stereocenters. The zero-order valence-electron chi connectivity index (χ0n) is 12.3. The molecule has 0 aliphatic rings. The summed E-state index contributed by atoms with van der Waals surface area (Å²) in [7, 11) is 0. The summed E-state index contributed by atoms with van der Waals surface area (Å²) >= 11 is 0. The molecule has 0 fully saturated rings. The SMILES string of the molecule is CCCCCc1ccc(NC(=O)NC(=N)N)c(CC)c1. The van der Waals surface area contributed by atoms with E-state index in [4.69, 9.17) is 11.1 Å². The molecule has 0 aromatic heterocycles. The molecule has 1 rings (SSSR count). The molecule has 0 saturated carbocycles. The predicted molar refractivity (Wildman–Crippen MR) is 83.1 cm³/mol. The minimum absolute atomic E-state index is 0.364. The maximum absolute atomic E-state index is 11.5. The molecule has 0 spiro atoms. The van der Waals surface area contributed by atoms with Crippen LogP contribution in [-0.4, -0.2) is 12.0 Å². The predicted octanol–water partition coefficient (Wildman–Crippen LogP) is 3.00. The Bertz CT molecular complexity index is 471. The highest BCUT2D eigenvalue weighted by molar-refractivity contribution is 6.01. The molecule has 1 aromatic carbocycles. The average molecular weight is 276 g/mol. The van der Waals surface area contributed by atoms with Gasteiger partial charge < -0.3 is 11.1 Å². The smallest absolute Gasteiger partial charge is 0.325 e. The van der Waals surface area contributed by atoms with Crippen molar-refractivity contribution in [2.24, 2.45) is 5.73 Å². The Balaban J connectivity index is 2.72. The third kappa shape index (κ3) is 5.30. The molecule has 0 saturated heterocycles. The van der Waals surface area contributed by atoms with Crippen molar-refractivity contribution in [1.82, 2.24) is 5.32 Å². The molecular formula is C15H24N4O. The first-order valence-corrected chi connectivity index (χ1v) is 7.10. The van der Waals surface area contributed by atoms with Crippen LogP contribution in [0.15, 0.2) is 18.2 Å². The van der Waals surface area contributed by atoms with Gasteiger partial charge >= 0.3 is 6.03 Å². The molecule has 0 aliphatic heterocycles. The van der Waals surface area contributed by atoms with Crippen molar-refractivity contribution < 1.29 is 4.79 Å². The highest BCUT2D eigenvalue weighted by Crippen LogP contribution is 2.19. The molecule has 20 heavy (non-hydrogen) atoms. The van der Waals surface area contributed by atoms with Crippen LogP contribution >= 0.6 is 0 Å². The van der Waals surface area contributed by atoms with Gasteiger partial charge in [0.2, 0.25) is 0 Å². The van der Waals surface area contributed by atoms with E-state index >= 15 is 0 Å². The van der Waals surface area contributed by atoms with Gasteiger partial charge in [-0.3, -0.25) is 10.7 Å². The summed E-state index contributed by atoms with van der Waals surface area (Å²) in [6, 6.07) is 5.61. The third-order valence-electron chi connectivity index (χ3n) is 3.12. The van der Waals surface area contributed by atoms with Crippen molar-refractivity contribution in [3.05, 3.63) is 29.3 Å². The number of rotatable bonds is 6. The largest absolute Gasteiger partial charge is 0.370 e. The second-order valence-corrected chi connectivity index (χ2v) is 4.79. The molecule has 0 radical (unpaired) electrons. The number of anilines is 1. The second kappa shape index (κ2) is 8.19. The average Bonchev–Trinajstić information content (AvgIpc) is 2.39. The van der Waals surface area contributed by atoms with Crippen molar-refractivity contribution >= 4 is 17.7 Å². The Morgan fingerprint density at radius 2 is 2.05 bits per heavy atom. The van der Waals surface area contributed by atoms with E-state index in [0.29, 0.717) is 0 Å². The number of aryl methyl sites for hydroxylation is 2. The van der Waals surface area contributed by atoms with Crippen LogP contribution in [0.25, 0.3) is 0 Å². The Hall–Kier alpha value is -2.04. The highest BCUT2D eigenvalue weighted by Gasteiger charge is 2.07. The van der Waals surface area contributed by atoms with E-state index in [1.165, 1.54) is 24.8 Å². The molecule has 1 aromatic rings. The van der Waals surface area contributed by atoms with Gasteiger partial charge in [-0.15, -0.1) is 0 Å². The first-order valence-electron chi connectivity index (χ1n) is 7.10. The van der Waals surface area contributed by atoms with Crippen LogP contribution in [0.4, 0.5) is 10.5 Å². The van der Waals surface area contributed by atoms with Crippen LogP contribution in [-0.2, 0) is 12.8 Å². The number of amides is 2. The lowest BCUT2D eigenvalue weighted by molar-refractivity contribution is 0.256. The summed E-state index contributed by atoms with van der Waals surface area (Å²) in [6.07, 6.45) is 5.56. The summed E-state index contributed by atoms with van der Waals surface area (Å²) in [4.78, 5) is 11.5. The van der Waals surface area contributed by atoms with Crippen LogP contribution < -0.4 is 16.4 Å². The summed E-state index contributed by atoms with van der Waals surface area (Å²) in [6.45, 7) is 4.25. The number of carbonyl (C=O) groups excluding carboxylic acids is 1. The molecule has 0 unspecified atom stereocenters. The van der Waals surface area contributed by atoms with Gasteiger partial charge in [0.05, 0.1) is 0 Å². The number of carbonyl (C=O) groups is 1. The highest BCUT2D eigenvalue weighted by atomic mass is 16.2.